The van der Waals surface area contributed by atoms with Crippen molar-refractivity contribution < 1.29 is 14.0 Å². The van der Waals surface area contributed by atoms with E-state index < -0.39 is 0 Å². The smallest absolute Gasteiger partial charge is 0.321 e. The highest BCUT2D eigenvalue weighted by Gasteiger charge is 2.11. The Morgan fingerprint density at radius 1 is 1.15 bits per heavy atom. The summed E-state index contributed by atoms with van der Waals surface area (Å²) < 4.78 is 15.6. The van der Waals surface area contributed by atoms with Gasteiger partial charge >= 0.3 is 6.01 Å². The molecule has 6 heteroatoms. The number of nitrogens with zero attached hydrogens (tertiary/aromatic N) is 2. The number of aromatic nitrogens is 2. The number of anilines is 1. The van der Waals surface area contributed by atoms with Crippen molar-refractivity contribution in [1.29, 1.82) is 0 Å². The molecule has 0 atom stereocenters. The van der Waals surface area contributed by atoms with Gasteiger partial charge < -0.3 is 19.3 Å². The van der Waals surface area contributed by atoms with Crippen LogP contribution in [0.5, 0.6) is 11.5 Å². The molecule has 1 heterocycles. The lowest BCUT2D eigenvalue weighted by molar-refractivity contribution is 0.394. The Morgan fingerprint density at radius 3 is 2.35 bits per heavy atom. The Hall–Kier alpha value is -2.24. The first-order valence-corrected chi connectivity index (χ1v) is 6.43. The molecule has 0 aliphatic rings. The number of nitrogens with one attached hydrogen (secondary N) is 1. The summed E-state index contributed by atoms with van der Waals surface area (Å²) in [6, 6.07) is 5.87. The van der Waals surface area contributed by atoms with Crippen LogP contribution >= 0.6 is 0 Å². The van der Waals surface area contributed by atoms with Gasteiger partial charge in [0, 0.05) is 18.2 Å². The van der Waals surface area contributed by atoms with Crippen LogP contribution in [0.15, 0.2) is 22.7 Å². The second-order valence-corrected chi connectivity index (χ2v) is 4.80. The molecule has 1 aromatic heterocycles. The number of benzene rings is 1. The largest absolute Gasteiger partial charge is 0.497 e. The lowest BCUT2D eigenvalue weighted by Gasteiger charge is -2.05. The van der Waals surface area contributed by atoms with Crippen LogP contribution in [-0.4, -0.2) is 30.9 Å². The number of ether oxygens (including phenoxy) is 2. The highest BCUT2D eigenvalue weighted by molar-refractivity contribution is 5.61. The molecule has 2 aromatic rings. The predicted molar refractivity (Wildman–Crippen MR) is 76.2 cm³/mol. The molecule has 0 amide bonds. The molecule has 6 nitrogen and oxygen atoms in total. The maximum atomic E-state index is 5.22. The first kappa shape index (κ1) is 14.2. The number of hydrogen-bond acceptors (Lipinski definition) is 6. The Balaban J connectivity index is 2.22. The molecule has 0 unspecified atom stereocenters. The van der Waals surface area contributed by atoms with Crippen LogP contribution in [0, 0.1) is 5.92 Å². The molecule has 1 N–H and O–H groups in total. The molecule has 0 saturated heterocycles. The SMILES string of the molecule is COc1cc(OC)cc(-c2noc(NCC(C)C)n2)c1. The van der Waals surface area contributed by atoms with E-state index in [1.165, 1.54) is 0 Å². The van der Waals surface area contributed by atoms with Crippen molar-refractivity contribution in [3.05, 3.63) is 18.2 Å². The molecule has 0 aliphatic heterocycles. The van der Waals surface area contributed by atoms with Crippen LogP contribution in [0.2, 0.25) is 0 Å². The van der Waals surface area contributed by atoms with Gasteiger partial charge in [0.1, 0.15) is 11.5 Å². The molecule has 2 rings (SSSR count). The summed E-state index contributed by atoms with van der Waals surface area (Å²) in [7, 11) is 3.20. The van der Waals surface area contributed by atoms with E-state index in [1.807, 2.05) is 12.1 Å². The molecule has 0 aliphatic carbocycles. The summed E-state index contributed by atoms with van der Waals surface area (Å²) in [5, 5.41) is 7.04. The summed E-state index contributed by atoms with van der Waals surface area (Å²) in [4.78, 5) is 4.30. The van der Waals surface area contributed by atoms with Gasteiger partial charge in [-0.1, -0.05) is 19.0 Å². The summed E-state index contributed by atoms with van der Waals surface area (Å²) in [5.41, 5.74) is 0.780. The van der Waals surface area contributed by atoms with Crippen LogP contribution in [0.3, 0.4) is 0 Å². The molecular weight excluding hydrogens is 258 g/mol. The van der Waals surface area contributed by atoms with Crippen molar-refractivity contribution in [2.24, 2.45) is 5.92 Å². The normalized spacial score (nSPS) is 10.7. The van der Waals surface area contributed by atoms with E-state index >= 15 is 0 Å². The third-order valence-electron chi connectivity index (χ3n) is 2.70. The molecule has 0 fully saturated rings. The molecule has 0 bridgehead atoms. The van der Waals surface area contributed by atoms with Gasteiger partial charge in [0.15, 0.2) is 0 Å². The first-order valence-electron chi connectivity index (χ1n) is 6.43. The lowest BCUT2D eigenvalue weighted by atomic mass is 10.2. The fourth-order valence-electron chi connectivity index (χ4n) is 1.64. The molecule has 20 heavy (non-hydrogen) atoms. The van der Waals surface area contributed by atoms with Crippen LogP contribution in [0.4, 0.5) is 6.01 Å². The summed E-state index contributed by atoms with van der Waals surface area (Å²) in [6.45, 7) is 5.00. The highest BCUT2D eigenvalue weighted by atomic mass is 16.5. The molecule has 0 saturated carbocycles. The minimum Gasteiger partial charge on any atom is -0.497 e. The maximum Gasteiger partial charge on any atom is 0.321 e. The van der Waals surface area contributed by atoms with E-state index in [2.05, 4.69) is 29.3 Å². The minimum atomic E-state index is 0.412. The van der Waals surface area contributed by atoms with Gasteiger partial charge in [0.25, 0.3) is 0 Å². The Labute approximate surface area is 118 Å². The van der Waals surface area contributed by atoms with Gasteiger partial charge in [-0.25, -0.2) is 0 Å². The fraction of sp³-hybridized carbons (Fsp3) is 0.429. The Kier molecular flexibility index (Phi) is 4.45. The monoisotopic (exact) mass is 277 g/mol. The first-order chi connectivity index (χ1) is 9.62. The second kappa shape index (κ2) is 6.27. The van der Waals surface area contributed by atoms with Crippen molar-refractivity contribution in [3.8, 4) is 22.9 Å². The van der Waals surface area contributed by atoms with Gasteiger partial charge in [0.2, 0.25) is 5.82 Å². The van der Waals surface area contributed by atoms with Gasteiger partial charge in [-0.15, -0.1) is 0 Å². The predicted octanol–water partition coefficient (Wildman–Crippen LogP) is 2.82. The molecule has 1 aromatic carbocycles. The van der Waals surface area contributed by atoms with E-state index in [0.717, 1.165) is 12.1 Å². The molecule has 0 radical (unpaired) electrons. The number of rotatable bonds is 6. The average Bonchev–Trinajstić information content (AvgIpc) is 2.93. The zero-order valence-electron chi connectivity index (χ0n) is 12.1. The standard InChI is InChI=1S/C14H19N3O3/c1-9(2)8-15-14-16-13(17-20-14)10-5-11(18-3)7-12(6-10)19-4/h5-7,9H,8H2,1-4H3,(H,15,16,17). The van der Waals surface area contributed by atoms with Gasteiger partial charge in [-0.2, -0.15) is 4.98 Å². The highest BCUT2D eigenvalue weighted by Crippen LogP contribution is 2.28. The third-order valence-corrected chi connectivity index (χ3v) is 2.70. The fourth-order valence-corrected chi connectivity index (χ4v) is 1.64. The van der Waals surface area contributed by atoms with E-state index in [1.54, 1.807) is 20.3 Å². The van der Waals surface area contributed by atoms with E-state index in [9.17, 15) is 0 Å². The minimum absolute atomic E-state index is 0.412. The second-order valence-electron chi connectivity index (χ2n) is 4.80. The number of hydrogen-bond donors (Lipinski definition) is 1. The average molecular weight is 277 g/mol. The topological polar surface area (TPSA) is 69.4 Å². The van der Waals surface area contributed by atoms with Crippen molar-refractivity contribution in [1.82, 2.24) is 10.1 Å². The Morgan fingerprint density at radius 2 is 1.80 bits per heavy atom. The zero-order valence-corrected chi connectivity index (χ0v) is 12.1. The third kappa shape index (κ3) is 3.40. The van der Waals surface area contributed by atoms with Gasteiger partial charge in [-0.3, -0.25) is 0 Å². The molecular formula is C14H19N3O3. The zero-order chi connectivity index (χ0) is 14.5. The molecule has 0 spiro atoms. The van der Waals surface area contributed by atoms with E-state index in [4.69, 9.17) is 14.0 Å². The van der Waals surface area contributed by atoms with Crippen molar-refractivity contribution in [3.63, 3.8) is 0 Å². The van der Waals surface area contributed by atoms with Gasteiger partial charge in [0.05, 0.1) is 14.2 Å². The summed E-state index contributed by atoms with van der Waals surface area (Å²) in [5.74, 6) is 2.36. The van der Waals surface area contributed by atoms with Crippen LogP contribution in [0.25, 0.3) is 11.4 Å². The van der Waals surface area contributed by atoms with Crippen LogP contribution in [-0.2, 0) is 0 Å². The van der Waals surface area contributed by atoms with Crippen molar-refractivity contribution in [2.45, 2.75) is 13.8 Å². The van der Waals surface area contributed by atoms with E-state index in [-0.39, 0.29) is 0 Å². The molecule has 108 valence electrons. The van der Waals surface area contributed by atoms with E-state index in [0.29, 0.717) is 29.3 Å². The number of methoxy groups -OCH3 is 2. The maximum absolute atomic E-state index is 5.22. The lowest BCUT2D eigenvalue weighted by Crippen LogP contribution is -2.07. The van der Waals surface area contributed by atoms with Gasteiger partial charge in [-0.05, 0) is 18.1 Å². The summed E-state index contributed by atoms with van der Waals surface area (Å²) in [6.07, 6.45) is 0. The van der Waals surface area contributed by atoms with Crippen LogP contribution in [0.1, 0.15) is 13.8 Å². The Bertz CT molecular complexity index is 544. The van der Waals surface area contributed by atoms with Crippen LogP contribution < -0.4 is 14.8 Å². The van der Waals surface area contributed by atoms with Crippen molar-refractivity contribution >= 4 is 6.01 Å². The summed E-state index contributed by atoms with van der Waals surface area (Å²) >= 11 is 0. The van der Waals surface area contributed by atoms with Crippen molar-refractivity contribution in [2.75, 3.05) is 26.1 Å². The quantitative estimate of drug-likeness (QED) is 0.875.